The van der Waals surface area contributed by atoms with Crippen LogP contribution in [0.1, 0.15) is 44.1 Å². The van der Waals surface area contributed by atoms with Gasteiger partial charge < -0.3 is 9.84 Å². The lowest BCUT2D eigenvalue weighted by Gasteiger charge is -2.16. The molecule has 0 saturated heterocycles. The first-order chi connectivity index (χ1) is 8.72. The average Bonchev–Trinajstić information content (AvgIpc) is 2.86. The summed E-state index contributed by atoms with van der Waals surface area (Å²) in [6.45, 7) is 2.72. The van der Waals surface area contributed by atoms with Crippen molar-refractivity contribution < 1.29 is 14.6 Å². The third-order valence-electron chi connectivity index (χ3n) is 3.47. The minimum Gasteiger partial charge on any atom is -0.492 e. The van der Waals surface area contributed by atoms with Crippen LogP contribution in [0.15, 0.2) is 18.5 Å². The standard InChI is InChI=1S/C14H19NO3/c1-2-6-18-11-7-10(8-15-9-11)12-4-3-5-13(12)14(16)17/h7-9,12-13H,2-6H2,1H3,(H,16,17). The molecule has 2 rings (SSSR count). The highest BCUT2D eigenvalue weighted by Crippen LogP contribution is 2.40. The van der Waals surface area contributed by atoms with Gasteiger partial charge in [0, 0.05) is 6.20 Å². The third kappa shape index (κ3) is 2.81. The molecule has 1 N–H and O–H groups in total. The van der Waals surface area contributed by atoms with Crippen molar-refractivity contribution in [2.75, 3.05) is 6.61 Å². The van der Waals surface area contributed by atoms with E-state index in [4.69, 9.17) is 4.74 Å². The smallest absolute Gasteiger partial charge is 0.307 e. The van der Waals surface area contributed by atoms with Crippen LogP contribution in [0.5, 0.6) is 5.75 Å². The van der Waals surface area contributed by atoms with Crippen molar-refractivity contribution in [2.45, 2.75) is 38.5 Å². The van der Waals surface area contributed by atoms with Crippen LogP contribution in [0, 0.1) is 5.92 Å². The molecule has 98 valence electrons. The summed E-state index contributed by atoms with van der Waals surface area (Å²) in [5.74, 6) is -0.142. The zero-order valence-corrected chi connectivity index (χ0v) is 10.6. The van der Waals surface area contributed by atoms with Gasteiger partial charge in [0.1, 0.15) is 5.75 Å². The molecule has 1 aromatic rings. The fourth-order valence-corrected chi connectivity index (χ4v) is 2.59. The number of carboxylic acid groups (broad SMARTS) is 1. The van der Waals surface area contributed by atoms with Gasteiger partial charge in [-0.1, -0.05) is 13.3 Å². The second-order valence-electron chi connectivity index (χ2n) is 4.78. The van der Waals surface area contributed by atoms with E-state index in [2.05, 4.69) is 11.9 Å². The Balaban J connectivity index is 2.14. The summed E-state index contributed by atoms with van der Waals surface area (Å²) in [6, 6.07) is 1.94. The van der Waals surface area contributed by atoms with E-state index in [1.54, 1.807) is 12.4 Å². The van der Waals surface area contributed by atoms with Crippen molar-refractivity contribution in [1.82, 2.24) is 4.98 Å². The lowest BCUT2D eigenvalue weighted by Crippen LogP contribution is -2.17. The lowest BCUT2D eigenvalue weighted by molar-refractivity contribution is -0.142. The number of aliphatic carboxylic acids is 1. The molecule has 1 aliphatic carbocycles. The van der Waals surface area contributed by atoms with Gasteiger partial charge >= 0.3 is 5.97 Å². The number of aromatic nitrogens is 1. The molecule has 1 fully saturated rings. The van der Waals surface area contributed by atoms with E-state index in [0.717, 1.165) is 37.0 Å². The number of hydrogen-bond acceptors (Lipinski definition) is 3. The summed E-state index contributed by atoms with van der Waals surface area (Å²) >= 11 is 0. The predicted octanol–water partition coefficient (Wildman–Crippen LogP) is 2.84. The van der Waals surface area contributed by atoms with Crippen molar-refractivity contribution in [2.24, 2.45) is 5.92 Å². The maximum atomic E-state index is 11.2. The molecule has 0 radical (unpaired) electrons. The maximum absolute atomic E-state index is 11.2. The van der Waals surface area contributed by atoms with Gasteiger partial charge in [-0.2, -0.15) is 0 Å². The van der Waals surface area contributed by atoms with Crippen LogP contribution in [0.2, 0.25) is 0 Å². The number of pyridine rings is 1. The Bertz CT molecular complexity index is 419. The van der Waals surface area contributed by atoms with Gasteiger partial charge in [0.15, 0.2) is 0 Å². The first-order valence-corrected chi connectivity index (χ1v) is 6.53. The first-order valence-electron chi connectivity index (χ1n) is 6.53. The number of carbonyl (C=O) groups is 1. The summed E-state index contributed by atoms with van der Waals surface area (Å²) in [5.41, 5.74) is 0.994. The Labute approximate surface area is 107 Å². The lowest BCUT2D eigenvalue weighted by atomic mass is 9.90. The van der Waals surface area contributed by atoms with Crippen molar-refractivity contribution in [3.63, 3.8) is 0 Å². The largest absolute Gasteiger partial charge is 0.492 e. The number of ether oxygens (including phenoxy) is 1. The molecule has 2 unspecified atom stereocenters. The molecule has 2 atom stereocenters. The van der Waals surface area contributed by atoms with E-state index in [-0.39, 0.29) is 11.8 Å². The molecule has 18 heavy (non-hydrogen) atoms. The number of nitrogens with zero attached hydrogens (tertiary/aromatic N) is 1. The zero-order chi connectivity index (χ0) is 13.0. The van der Waals surface area contributed by atoms with Gasteiger partial charge in [-0.05, 0) is 36.8 Å². The Morgan fingerprint density at radius 1 is 1.50 bits per heavy atom. The molecule has 0 aliphatic heterocycles. The Morgan fingerprint density at radius 2 is 2.33 bits per heavy atom. The van der Waals surface area contributed by atoms with Crippen molar-refractivity contribution in [3.8, 4) is 5.75 Å². The topological polar surface area (TPSA) is 59.4 Å². The molecule has 1 saturated carbocycles. The second kappa shape index (κ2) is 5.85. The SMILES string of the molecule is CCCOc1cncc(C2CCCC2C(=O)O)c1. The van der Waals surface area contributed by atoms with Gasteiger partial charge in [-0.15, -0.1) is 0 Å². The summed E-state index contributed by atoms with van der Waals surface area (Å²) in [4.78, 5) is 15.3. The van der Waals surface area contributed by atoms with E-state index < -0.39 is 5.97 Å². The van der Waals surface area contributed by atoms with E-state index in [0.29, 0.717) is 6.61 Å². The first kappa shape index (κ1) is 12.9. The fourth-order valence-electron chi connectivity index (χ4n) is 2.59. The van der Waals surface area contributed by atoms with Gasteiger partial charge in [0.25, 0.3) is 0 Å². The molecule has 0 spiro atoms. The Morgan fingerprint density at radius 3 is 3.06 bits per heavy atom. The highest BCUT2D eigenvalue weighted by molar-refractivity contribution is 5.71. The summed E-state index contributed by atoms with van der Waals surface area (Å²) in [5, 5.41) is 9.20. The number of carboxylic acids is 1. The number of hydrogen-bond donors (Lipinski definition) is 1. The molecule has 4 nitrogen and oxygen atoms in total. The normalized spacial score (nSPS) is 22.9. The van der Waals surface area contributed by atoms with Crippen molar-refractivity contribution >= 4 is 5.97 Å². The monoisotopic (exact) mass is 249 g/mol. The number of rotatable bonds is 5. The molecule has 1 heterocycles. The molecule has 0 aromatic carbocycles. The third-order valence-corrected chi connectivity index (χ3v) is 3.47. The zero-order valence-electron chi connectivity index (χ0n) is 10.6. The summed E-state index contributed by atoms with van der Waals surface area (Å²) in [7, 11) is 0. The Hall–Kier alpha value is -1.58. The van der Waals surface area contributed by atoms with E-state index in [1.807, 2.05) is 6.07 Å². The predicted molar refractivity (Wildman–Crippen MR) is 67.7 cm³/mol. The fraction of sp³-hybridized carbons (Fsp3) is 0.571. The molecular formula is C14H19NO3. The van der Waals surface area contributed by atoms with Gasteiger partial charge in [0.05, 0.1) is 18.7 Å². The van der Waals surface area contributed by atoms with E-state index in [9.17, 15) is 9.90 Å². The highest BCUT2D eigenvalue weighted by Gasteiger charge is 2.34. The summed E-state index contributed by atoms with van der Waals surface area (Å²) < 4.78 is 5.54. The van der Waals surface area contributed by atoms with Crippen molar-refractivity contribution in [1.29, 1.82) is 0 Å². The minimum absolute atomic E-state index is 0.0835. The molecule has 1 aromatic heterocycles. The molecule has 0 bridgehead atoms. The minimum atomic E-state index is -0.697. The van der Waals surface area contributed by atoms with Crippen LogP contribution in [0.4, 0.5) is 0 Å². The second-order valence-corrected chi connectivity index (χ2v) is 4.78. The maximum Gasteiger partial charge on any atom is 0.307 e. The van der Waals surface area contributed by atoms with Crippen LogP contribution in [0.3, 0.4) is 0 Å². The van der Waals surface area contributed by atoms with Crippen LogP contribution < -0.4 is 4.74 Å². The Kier molecular flexibility index (Phi) is 4.18. The molecular weight excluding hydrogens is 230 g/mol. The van der Waals surface area contributed by atoms with Gasteiger partial charge in [-0.25, -0.2) is 0 Å². The van der Waals surface area contributed by atoms with E-state index >= 15 is 0 Å². The van der Waals surface area contributed by atoms with Crippen LogP contribution in [0.25, 0.3) is 0 Å². The molecule has 0 amide bonds. The van der Waals surface area contributed by atoms with Gasteiger partial charge in [-0.3, -0.25) is 9.78 Å². The summed E-state index contributed by atoms with van der Waals surface area (Å²) in [6.07, 6.45) is 7.07. The highest BCUT2D eigenvalue weighted by atomic mass is 16.5. The van der Waals surface area contributed by atoms with E-state index in [1.165, 1.54) is 0 Å². The van der Waals surface area contributed by atoms with Crippen LogP contribution >= 0.6 is 0 Å². The molecule has 1 aliphatic rings. The van der Waals surface area contributed by atoms with Crippen LogP contribution in [-0.4, -0.2) is 22.7 Å². The quantitative estimate of drug-likeness (QED) is 0.871. The van der Waals surface area contributed by atoms with Crippen LogP contribution in [-0.2, 0) is 4.79 Å². The van der Waals surface area contributed by atoms with Gasteiger partial charge in [0.2, 0.25) is 0 Å². The molecule has 4 heteroatoms. The average molecular weight is 249 g/mol. The van der Waals surface area contributed by atoms with Crippen molar-refractivity contribution in [3.05, 3.63) is 24.0 Å².